The summed E-state index contributed by atoms with van der Waals surface area (Å²) in [5.41, 5.74) is 1.16. The van der Waals surface area contributed by atoms with Crippen LogP contribution in [0.4, 0.5) is 20.2 Å². The van der Waals surface area contributed by atoms with Crippen LogP contribution in [0.3, 0.4) is 0 Å². The van der Waals surface area contributed by atoms with Gasteiger partial charge in [-0.3, -0.25) is 9.59 Å². The van der Waals surface area contributed by atoms with Gasteiger partial charge in [0.2, 0.25) is 5.91 Å². The lowest BCUT2D eigenvalue weighted by Gasteiger charge is -2.20. The molecule has 2 amide bonds. The van der Waals surface area contributed by atoms with Crippen molar-refractivity contribution in [1.29, 1.82) is 0 Å². The molecule has 2 aromatic carbocycles. The second-order valence-corrected chi connectivity index (χ2v) is 6.10. The number of carbonyl (C=O) groups excluding carboxylic acids is 2. The summed E-state index contributed by atoms with van der Waals surface area (Å²) in [5.74, 6) is -0.499. The Morgan fingerprint density at radius 2 is 1.92 bits per heavy atom. The fourth-order valence-electron chi connectivity index (χ4n) is 2.74. The van der Waals surface area contributed by atoms with Crippen LogP contribution in [0.15, 0.2) is 42.5 Å². The number of carbonyl (C=O) groups is 2. The minimum Gasteiger partial charge on any atom is -0.435 e. The lowest BCUT2D eigenvalue weighted by atomic mass is 10.1. The molecule has 1 heterocycles. The Morgan fingerprint density at radius 3 is 2.54 bits per heavy atom. The number of nitrogens with one attached hydrogen (secondary N) is 1. The Kier molecular flexibility index (Phi) is 5.37. The van der Waals surface area contributed by atoms with Crippen molar-refractivity contribution in [1.82, 2.24) is 0 Å². The number of benzene rings is 2. The molecule has 0 aliphatic carbocycles. The van der Waals surface area contributed by atoms with Gasteiger partial charge in [-0.2, -0.15) is 8.78 Å². The molecule has 8 heteroatoms. The SMILES string of the molecule is O=C(Nc1ccc(OC(F)F)cc1)c1ccc(Cl)cc1N1CCCC1=O. The molecule has 0 saturated carbocycles. The van der Waals surface area contributed by atoms with Crippen LogP contribution in [-0.4, -0.2) is 25.0 Å². The highest BCUT2D eigenvalue weighted by Crippen LogP contribution is 2.29. The first-order chi connectivity index (χ1) is 12.4. The number of anilines is 2. The number of rotatable bonds is 5. The number of halogens is 3. The second kappa shape index (κ2) is 7.70. The van der Waals surface area contributed by atoms with Crippen molar-refractivity contribution < 1.29 is 23.1 Å². The lowest BCUT2D eigenvalue weighted by molar-refractivity contribution is -0.117. The van der Waals surface area contributed by atoms with Crippen molar-refractivity contribution in [3.63, 3.8) is 0 Å². The summed E-state index contributed by atoms with van der Waals surface area (Å²) < 4.78 is 28.6. The van der Waals surface area contributed by atoms with E-state index in [4.69, 9.17) is 11.6 Å². The van der Waals surface area contributed by atoms with Gasteiger partial charge >= 0.3 is 6.61 Å². The largest absolute Gasteiger partial charge is 0.435 e. The highest BCUT2D eigenvalue weighted by atomic mass is 35.5. The van der Waals surface area contributed by atoms with E-state index in [-0.39, 0.29) is 11.7 Å². The maximum atomic E-state index is 12.6. The Hall–Kier alpha value is -2.67. The normalized spacial score (nSPS) is 14.0. The van der Waals surface area contributed by atoms with E-state index in [0.717, 1.165) is 6.42 Å². The van der Waals surface area contributed by atoms with Crippen molar-refractivity contribution in [2.45, 2.75) is 19.5 Å². The summed E-state index contributed by atoms with van der Waals surface area (Å²) in [6, 6.07) is 10.3. The number of nitrogens with zero attached hydrogens (tertiary/aromatic N) is 1. The minimum atomic E-state index is -2.91. The zero-order chi connectivity index (χ0) is 18.7. The van der Waals surface area contributed by atoms with Gasteiger partial charge in [0.15, 0.2) is 0 Å². The molecular formula is C18H15ClF2N2O3. The first-order valence-electron chi connectivity index (χ1n) is 7.90. The molecule has 2 aromatic rings. The van der Waals surface area contributed by atoms with Crippen LogP contribution in [0.1, 0.15) is 23.2 Å². The fraction of sp³-hybridized carbons (Fsp3) is 0.222. The summed E-state index contributed by atoms with van der Waals surface area (Å²) >= 11 is 6.02. The van der Waals surface area contributed by atoms with Crippen LogP contribution in [0.25, 0.3) is 0 Å². The molecule has 0 bridgehead atoms. The number of ether oxygens (including phenoxy) is 1. The molecule has 5 nitrogen and oxygen atoms in total. The number of hydrogen-bond acceptors (Lipinski definition) is 3. The predicted octanol–water partition coefficient (Wildman–Crippen LogP) is 4.32. The standard InChI is InChI=1S/C18H15ClF2N2O3/c19-11-3-8-14(15(10-11)23-9-1-2-16(23)24)17(25)22-12-4-6-13(7-5-12)26-18(20)21/h3-8,10,18H,1-2,9H2,(H,22,25). The topological polar surface area (TPSA) is 58.6 Å². The fourth-order valence-corrected chi connectivity index (χ4v) is 2.91. The number of alkyl halides is 2. The molecular weight excluding hydrogens is 366 g/mol. The quantitative estimate of drug-likeness (QED) is 0.840. The van der Waals surface area contributed by atoms with E-state index in [0.29, 0.717) is 34.9 Å². The summed E-state index contributed by atoms with van der Waals surface area (Å²) in [5, 5.41) is 3.09. The van der Waals surface area contributed by atoms with Crippen molar-refractivity contribution in [2.75, 3.05) is 16.8 Å². The Balaban J connectivity index is 1.80. The number of hydrogen-bond donors (Lipinski definition) is 1. The van der Waals surface area contributed by atoms with Gasteiger partial charge in [0.25, 0.3) is 5.91 Å². The zero-order valence-electron chi connectivity index (χ0n) is 13.5. The van der Waals surface area contributed by atoms with E-state index in [1.807, 2.05) is 0 Å². The monoisotopic (exact) mass is 380 g/mol. The van der Waals surface area contributed by atoms with Gasteiger partial charge in [-0.25, -0.2) is 0 Å². The molecule has 0 unspecified atom stereocenters. The van der Waals surface area contributed by atoms with Crippen molar-refractivity contribution >= 4 is 34.8 Å². The van der Waals surface area contributed by atoms with Crippen LogP contribution < -0.4 is 15.0 Å². The van der Waals surface area contributed by atoms with Gasteiger partial charge in [-0.1, -0.05) is 11.6 Å². The zero-order valence-corrected chi connectivity index (χ0v) is 14.3. The molecule has 1 N–H and O–H groups in total. The summed E-state index contributed by atoms with van der Waals surface area (Å²) in [6.07, 6.45) is 1.15. The maximum Gasteiger partial charge on any atom is 0.387 e. The Morgan fingerprint density at radius 1 is 1.19 bits per heavy atom. The lowest BCUT2D eigenvalue weighted by Crippen LogP contribution is -2.27. The van der Waals surface area contributed by atoms with Gasteiger partial charge in [-0.05, 0) is 48.9 Å². The summed E-state index contributed by atoms with van der Waals surface area (Å²) in [4.78, 5) is 26.2. The molecule has 3 rings (SSSR count). The van der Waals surface area contributed by atoms with Crippen LogP contribution in [-0.2, 0) is 4.79 Å². The van der Waals surface area contributed by atoms with Gasteiger partial charge < -0.3 is 15.0 Å². The van der Waals surface area contributed by atoms with Crippen LogP contribution >= 0.6 is 11.6 Å². The summed E-state index contributed by atoms with van der Waals surface area (Å²) in [6.45, 7) is -2.39. The van der Waals surface area contributed by atoms with Crippen molar-refractivity contribution in [3.8, 4) is 5.75 Å². The smallest absolute Gasteiger partial charge is 0.387 e. The third-order valence-electron chi connectivity index (χ3n) is 3.91. The molecule has 0 atom stereocenters. The Labute approximate surface area is 153 Å². The molecule has 136 valence electrons. The Bertz CT molecular complexity index is 828. The second-order valence-electron chi connectivity index (χ2n) is 5.67. The van der Waals surface area contributed by atoms with Gasteiger partial charge in [0.05, 0.1) is 11.3 Å². The summed E-state index contributed by atoms with van der Waals surface area (Å²) in [7, 11) is 0. The van der Waals surface area contributed by atoms with E-state index >= 15 is 0 Å². The first kappa shape index (κ1) is 18.1. The molecule has 1 fully saturated rings. The maximum absolute atomic E-state index is 12.6. The average Bonchev–Trinajstić information content (AvgIpc) is 3.02. The van der Waals surface area contributed by atoms with E-state index in [2.05, 4.69) is 10.1 Å². The van der Waals surface area contributed by atoms with Gasteiger partial charge in [-0.15, -0.1) is 0 Å². The third kappa shape index (κ3) is 4.11. The van der Waals surface area contributed by atoms with E-state index < -0.39 is 12.5 Å². The molecule has 1 saturated heterocycles. The van der Waals surface area contributed by atoms with E-state index in [1.54, 1.807) is 23.1 Å². The molecule has 0 spiro atoms. The van der Waals surface area contributed by atoms with Crippen LogP contribution in [0, 0.1) is 0 Å². The predicted molar refractivity (Wildman–Crippen MR) is 94.1 cm³/mol. The number of amides is 2. The van der Waals surface area contributed by atoms with E-state index in [1.165, 1.54) is 24.3 Å². The molecule has 0 radical (unpaired) electrons. The van der Waals surface area contributed by atoms with Gasteiger partial charge in [0, 0.05) is 23.7 Å². The highest BCUT2D eigenvalue weighted by molar-refractivity contribution is 6.31. The van der Waals surface area contributed by atoms with Crippen LogP contribution in [0.5, 0.6) is 5.75 Å². The van der Waals surface area contributed by atoms with Gasteiger partial charge in [0.1, 0.15) is 5.75 Å². The molecule has 26 heavy (non-hydrogen) atoms. The molecule has 0 aromatic heterocycles. The van der Waals surface area contributed by atoms with Crippen LogP contribution in [0.2, 0.25) is 5.02 Å². The molecule has 1 aliphatic heterocycles. The van der Waals surface area contributed by atoms with Crippen molar-refractivity contribution in [2.24, 2.45) is 0 Å². The minimum absolute atomic E-state index is 0.00663. The highest BCUT2D eigenvalue weighted by Gasteiger charge is 2.26. The average molecular weight is 381 g/mol. The molecule has 1 aliphatic rings. The van der Waals surface area contributed by atoms with Crippen molar-refractivity contribution in [3.05, 3.63) is 53.1 Å². The third-order valence-corrected chi connectivity index (χ3v) is 4.14. The first-order valence-corrected chi connectivity index (χ1v) is 8.28. The van der Waals surface area contributed by atoms with E-state index in [9.17, 15) is 18.4 Å².